The zero-order valence-corrected chi connectivity index (χ0v) is 8.20. The summed E-state index contributed by atoms with van der Waals surface area (Å²) in [6, 6.07) is 7.66. The van der Waals surface area contributed by atoms with Crippen molar-refractivity contribution in [1.29, 1.82) is 0 Å². The summed E-state index contributed by atoms with van der Waals surface area (Å²) >= 11 is 11.3. The Labute approximate surface area is 82.7 Å². The minimum atomic E-state index is 0.688. The highest BCUT2D eigenvalue weighted by Crippen LogP contribution is 2.14. The third kappa shape index (κ3) is 3.33. The maximum atomic E-state index is 5.79. The molecule has 1 rings (SSSR count). The Balaban J connectivity index is 2.41. The summed E-state index contributed by atoms with van der Waals surface area (Å²) in [5, 5.41) is 3.97. The van der Waals surface area contributed by atoms with Gasteiger partial charge in [-0.15, -0.1) is 11.6 Å². The van der Waals surface area contributed by atoms with Gasteiger partial charge in [-0.05, 0) is 24.6 Å². The Hall–Kier alpha value is -0.400. The minimum absolute atomic E-state index is 0.688. The average Bonchev–Trinajstić information content (AvgIpc) is 2.05. The molecule has 0 unspecified atom stereocenters. The van der Waals surface area contributed by atoms with E-state index < -0.39 is 0 Å². The van der Waals surface area contributed by atoms with Crippen LogP contribution in [0.25, 0.3) is 0 Å². The van der Waals surface area contributed by atoms with Crippen LogP contribution in [0.15, 0.2) is 24.3 Å². The molecule has 1 aromatic carbocycles. The van der Waals surface area contributed by atoms with Crippen LogP contribution in [0.4, 0.5) is 5.69 Å². The summed E-state index contributed by atoms with van der Waals surface area (Å²) in [5.41, 5.74) is 1.05. The lowest BCUT2D eigenvalue weighted by atomic mass is 10.3. The molecule has 0 amide bonds. The number of alkyl halides is 1. The summed E-state index contributed by atoms with van der Waals surface area (Å²) in [6.07, 6.45) is 0.966. The van der Waals surface area contributed by atoms with E-state index in [9.17, 15) is 0 Å². The molecule has 0 aliphatic rings. The highest BCUT2D eigenvalue weighted by molar-refractivity contribution is 6.30. The number of hydrogen-bond acceptors (Lipinski definition) is 1. The van der Waals surface area contributed by atoms with Crippen molar-refractivity contribution in [2.24, 2.45) is 0 Å². The number of rotatable bonds is 4. The standard InChI is InChI=1S/C9H11Cl2N/c10-5-2-6-12-9-4-1-3-8(11)7-9/h1,3-4,7,12H,2,5-6H2. The molecule has 0 atom stereocenters. The third-order valence-electron chi connectivity index (χ3n) is 1.46. The average molecular weight is 204 g/mol. The molecule has 66 valence electrons. The number of hydrogen-bond donors (Lipinski definition) is 1. The van der Waals surface area contributed by atoms with Gasteiger partial charge in [-0.1, -0.05) is 17.7 Å². The second-order valence-corrected chi connectivity index (χ2v) is 3.29. The van der Waals surface area contributed by atoms with E-state index in [0.717, 1.165) is 23.7 Å². The number of nitrogens with one attached hydrogen (secondary N) is 1. The van der Waals surface area contributed by atoms with Gasteiger partial charge >= 0.3 is 0 Å². The van der Waals surface area contributed by atoms with Crippen molar-refractivity contribution in [3.05, 3.63) is 29.3 Å². The fraction of sp³-hybridized carbons (Fsp3) is 0.333. The molecule has 1 N–H and O–H groups in total. The van der Waals surface area contributed by atoms with Gasteiger partial charge in [-0.2, -0.15) is 0 Å². The second kappa shape index (κ2) is 5.28. The summed E-state index contributed by atoms with van der Waals surface area (Å²) in [4.78, 5) is 0. The molecule has 0 saturated heterocycles. The van der Waals surface area contributed by atoms with Crippen LogP contribution in [0.1, 0.15) is 6.42 Å². The van der Waals surface area contributed by atoms with Crippen molar-refractivity contribution in [1.82, 2.24) is 0 Å². The van der Waals surface area contributed by atoms with Gasteiger partial charge in [0.05, 0.1) is 0 Å². The Morgan fingerprint density at radius 3 is 2.83 bits per heavy atom. The van der Waals surface area contributed by atoms with Crippen LogP contribution in [-0.4, -0.2) is 12.4 Å². The molecule has 1 aromatic rings. The van der Waals surface area contributed by atoms with Crippen LogP contribution in [0.5, 0.6) is 0 Å². The Morgan fingerprint density at radius 1 is 1.33 bits per heavy atom. The van der Waals surface area contributed by atoms with E-state index >= 15 is 0 Å². The summed E-state index contributed by atoms with van der Waals surface area (Å²) < 4.78 is 0. The van der Waals surface area contributed by atoms with E-state index in [4.69, 9.17) is 23.2 Å². The predicted molar refractivity (Wildman–Crippen MR) is 55.3 cm³/mol. The summed E-state index contributed by atoms with van der Waals surface area (Å²) in [7, 11) is 0. The van der Waals surface area contributed by atoms with E-state index in [1.807, 2.05) is 24.3 Å². The van der Waals surface area contributed by atoms with Gasteiger partial charge < -0.3 is 5.32 Å². The molecule has 3 heteroatoms. The molecule has 1 nitrogen and oxygen atoms in total. The fourth-order valence-electron chi connectivity index (χ4n) is 0.898. The van der Waals surface area contributed by atoms with Crippen LogP contribution in [0.2, 0.25) is 5.02 Å². The Bertz CT molecular complexity index is 238. The number of anilines is 1. The Kier molecular flexibility index (Phi) is 4.26. The zero-order chi connectivity index (χ0) is 8.81. The largest absolute Gasteiger partial charge is 0.385 e. The van der Waals surface area contributed by atoms with Gasteiger partial charge in [0.25, 0.3) is 0 Å². The van der Waals surface area contributed by atoms with Crippen LogP contribution < -0.4 is 5.32 Å². The van der Waals surface area contributed by atoms with E-state index in [1.54, 1.807) is 0 Å². The van der Waals surface area contributed by atoms with Crippen molar-refractivity contribution in [3.8, 4) is 0 Å². The lowest BCUT2D eigenvalue weighted by Gasteiger charge is -2.04. The van der Waals surface area contributed by atoms with Gasteiger partial charge in [0.2, 0.25) is 0 Å². The molecule has 12 heavy (non-hydrogen) atoms. The first-order valence-electron chi connectivity index (χ1n) is 3.88. The second-order valence-electron chi connectivity index (χ2n) is 2.48. The van der Waals surface area contributed by atoms with Gasteiger partial charge in [0.1, 0.15) is 0 Å². The zero-order valence-electron chi connectivity index (χ0n) is 6.69. The lowest BCUT2D eigenvalue weighted by molar-refractivity contribution is 0.987. The first-order chi connectivity index (χ1) is 5.83. The van der Waals surface area contributed by atoms with Crippen molar-refractivity contribution < 1.29 is 0 Å². The molecule has 0 aliphatic carbocycles. The predicted octanol–water partition coefficient (Wildman–Crippen LogP) is 3.38. The smallest absolute Gasteiger partial charge is 0.0426 e. The lowest BCUT2D eigenvalue weighted by Crippen LogP contribution is -2.01. The fourth-order valence-corrected chi connectivity index (χ4v) is 1.22. The molecule has 0 aromatic heterocycles. The van der Waals surface area contributed by atoms with E-state index in [1.165, 1.54) is 0 Å². The van der Waals surface area contributed by atoms with Crippen LogP contribution >= 0.6 is 23.2 Å². The van der Waals surface area contributed by atoms with E-state index in [2.05, 4.69) is 5.32 Å². The van der Waals surface area contributed by atoms with Gasteiger partial charge in [-0.3, -0.25) is 0 Å². The minimum Gasteiger partial charge on any atom is -0.385 e. The van der Waals surface area contributed by atoms with Crippen LogP contribution in [0.3, 0.4) is 0 Å². The highest BCUT2D eigenvalue weighted by Gasteiger charge is 1.91. The summed E-state index contributed by atoms with van der Waals surface area (Å²) in [6.45, 7) is 0.893. The molecule has 0 saturated carbocycles. The third-order valence-corrected chi connectivity index (χ3v) is 1.97. The molecule has 0 spiro atoms. The number of benzene rings is 1. The molecule has 0 aliphatic heterocycles. The molecular weight excluding hydrogens is 193 g/mol. The van der Waals surface area contributed by atoms with Crippen LogP contribution in [0, 0.1) is 0 Å². The van der Waals surface area contributed by atoms with Crippen molar-refractivity contribution in [2.75, 3.05) is 17.7 Å². The van der Waals surface area contributed by atoms with E-state index in [0.29, 0.717) is 5.88 Å². The topological polar surface area (TPSA) is 12.0 Å². The highest BCUT2D eigenvalue weighted by atomic mass is 35.5. The maximum Gasteiger partial charge on any atom is 0.0426 e. The Morgan fingerprint density at radius 2 is 2.17 bits per heavy atom. The van der Waals surface area contributed by atoms with Gasteiger partial charge in [0.15, 0.2) is 0 Å². The normalized spacial score (nSPS) is 9.83. The SMILES string of the molecule is ClCCCNc1cccc(Cl)c1. The van der Waals surface area contributed by atoms with Gasteiger partial charge in [0, 0.05) is 23.1 Å². The van der Waals surface area contributed by atoms with E-state index in [-0.39, 0.29) is 0 Å². The van der Waals surface area contributed by atoms with Gasteiger partial charge in [-0.25, -0.2) is 0 Å². The maximum absolute atomic E-state index is 5.79. The quantitative estimate of drug-likeness (QED) is 0.585. The molecule has 0 radical (unpaired) electrons. The van der Waals surface area contributed by atoms with Crippen molar-refractivity contribution in [2.45, 2.75) is 6.42 Å². The van der Waals surface area contributed by atoms with Crippen molar-refractivity contribution in [3.63, 3.8) is 0 Å². The molecule has 0 fully saturated rings. The van der Waals surface area contributed by atoms with Crippen molar-refractivity contribution >= 4 is 28.9 Å². The van der Waals surface area contributed by atoms with Crippen LogP contribution in [-0.2, 0) is 0 Å². The summed E-state index contributed by atoms with van der Waals surface area (Å²) in [5.74, 6) is 0.688. The molecule has 0 bridgehead atoms. The molecule has 0 heterocycles. The monoisotopic (exact) mass is 203 g/mol. The first-order valence-corrected chi connectivity index (χ1v) is 4.79. The number of halogens is 2. The first kappa shape index (κ1) is 9.69. The molecular formula is C9H11Cl2N.